The van der Waals surface area contributed by atoms with Gasteiger partial charge in [0.1, 0.15) is 0 Å². The Hall–Kier alpha value is -0.160. The molecule has 0 heterocycles. The third-order valence-electron chi connectivity index (χ3n) is 0.960. The lowest BCUT2D eigenvalue weighted by molar-refractivity contribution is 0.824. The SMILES string of the molecule is [C-]#[N+]C(C)CCSC. The third kappa shape index (κ3) is 4.01. The lowest BCUT2D eigenvalue weighted by Crippen LogP contribution is -1.94. The number of thioether (sulfide) groups is 1. The van der Waals surface area contributed by atoms with Crippen molar-refractivity contribution in [3.8, 4) is 0 Å². The van der Waals surface area contributed by atoms with Crippen LogP contribution in [-0.2, 0) is 0 Å². The summed E-state index contributed by atoms with van der Waals surface area (Å²) in [7, 11) is 0. The smallest absolute Gasteiger partial charge is 0.221 e. The van der Waals surface area contributed by atoms with E-state index in [2.05, 4.69) is 11.1 Å². The first-order valence-electron chi connectivity index (χ1n) is 2.66. The van der Waals surface area contributed by atoms with Crippen molar-refractivity contribution in [3.05, 3.63) is 11.4 Å². The lowest BCUT2D eigenvalue weighted by Gasteiger charge is -1.93. The van der Waals surface area contributed by atoms with Gasteiger partial charge in [-0.2, -0.15) is 11.8 Å². The number of hydrogen-bond acceptors (Lipinski definition) is 1. The normalized spacial score (nSPS) is 12.6. The highest BCUT2D eigenvalue weighted by Gasteiger charge is 2.00. The molecule has 0 aliphatic heterocycles. The topological polar surface area (TPSA) is 4.36 Å². The van der Waals surface area contributed by atoms with Crippen LogP contribution in [0.25, 0.3) is 4.85 Å². The predicted molar refractivity (Wildman–Crippen MR) is 39.1 cm³/mol. The Kier molecular flexibility index (Phi) is 4.89. The number of hydrogen-bond donors (Lipinski definition) is 0. The molecule has 0 aromatic carbocycles. The van der Waals surface area contributed by atoms with E-state index in [9.17, 15) is 0 Å². The molecule has 0 aromatic rings. The summed E-state index contributed by atoms with van der Waals surface area (Å²) in [6, 6.07) is 0.224. The van der Waals surface area contributed by atoms with E-state index < -0.39 is 0 Å². The van der Waals surface area contributed by atoms with Gasteiger partial charge in [0.25, 0.3) is 0 Å². The van der Waals surface area contributed by atoms with Gasteiger partial charge in [-0.1, -0.05) is 0 Å². The summed E-state index contributed by atoms with van der Waals surface area (Å²) in [6.45, 7) is 8.56. The molecule has 1 atom stereocenters. The van der Waals surface area contributed by atoms with E-state index >= 15 is 0 Å². The highest BCUT2D eigenvalue weighted by Crippen LogP contribution is 2.01. The molecule has 0 aliphatic carbocycles. The molecule has 0 fully saturated rings. The van der Waals surface area contributed by atoms with Gasteiger partial charge < -0.3 is 4.85 Å². The standard InChI is InChI=1S/C6H11NS/c1-6(7-2)4-5-8-3/h6H,4-5H2,1,3H3. The highest BCUT2D eigenvalue weighted by atomic mass is 32.2. The Morgan fingerprint density at radius 3 is 2.75 bits per heavy atom. The zero-order chi connectivity index (χ0) is 6.41. The van der Waals surface area contributed by atoms with Crippen LogP contribution in [0.4, 0.5) is 0 Å². The largest absolute Gasteiger partial charge is 0.314 e. The minimum Gasteiger partial charge on any atom is -0.314 e. The molecule has 0 spiro atoms. The molecule has 1 nitrogen and oxygen atoms in total. The zero-order valence-electron chi connectivity index (χ0n) is 5.35. The first kappa shape index (κ1) is 7.84. The number of rotatable bonds is 3. The summed E-state index contributed by atoms with van der Waals surface area (Å²) in [6.07, 6.45) is 3.10. The van der Waals surface area contributed by atoms with E-state index in [0.717, 1.165) is 12.2 Å². The van der Waals surface area contributed by atoms with Crippen LogP contribution in [-0.4, -0.2) is 18.1 Å². The molecule has 0 N–H and O–H groups in total. The van der Waals surface area contributed by atoms with E-state index in [-0.39, 0.29) is 6.04 Å². The van der Waals surface area contributed by atoms with E-state index in [1.165, 1.54) is 0 Å². The average molecular weight is 129 g/mol. The van der Waals surface area contributed by atoms with Gasteiger partial charge in [0.05, 0.1) is 0 Å². The molecule has 2 heteroatoms. The first-order valence-corrected chi connectivity index (χ1v) is 4.06. The summed E-state index contributed by atoms with van der Waals surface area (Å²) in [5.41, 5.74) is 0. The van der Waals surface area contributed by atoms with E-state index in [1.54, 1.807) is 11.8 Å². The molecule has 46 valence electrons. The van der Waals surface area contributed by atoms with Crippen LogP contribution < -0.4 is 0 Å². The van der Waals surface area contributed by atoms with Gasteiger partial charge in [0.2, 0.25) is 6.04 Å². The van der Waals surface area contributed by atoms with Gasteiger partial charge in [-0.25, -0.2) is 6.57 Å². The van der Waals surface area contributed by atoms with Crippen molar-refractivity contribution >= 4 is 11.8 Å². The Bertz CT molecular complexity index is 85.0. The molecular formula is C6H11NS. The second kappa shape index (κ2) is 4.99. The zero-order valence-corrected chi connectivity index (χ0v) is 6.16. The van der Waals surface area contributed by atoms with Crippen LogP contribution in [0.1, 0.15) is 13.3 Å². The highest BCUT2D eigenvalue weighted by molar-refractivity contribution is 7.98. The van der Waals surface area contributed by atoms with Gasteiger partial charge in [-0.05, 0) is 6.26 Å². The molecule has 0 aliphatic rings. The van der Waals surface area contributed by atoms with Crippen molar-refractivity contribution in [2.24, 2.45) is 0 Å². The average Bonchev–Trinajstić information content (AvgIpc) is 1.83. The number of nitrogens with zero attached hydrogens (tertiary/aromatic N) is 1. The maximum atomic E-state index is 6.60. The Morgan fingerprint density at radius 1 is 1.75 bits per heavy atom. The summed E-state index contributed by atoms with van der Waals surface area (Å²) in [5, 5.41) is 0. The Labute approximate surface area is 55.3 Å². The molecule has 0 saturated heterocycles. The van der Waals surface area contributed by atoms with Crippen molar-refractivity contribution < 1.29 is 0 Å². The molecular weight excluding hydrogens is 118 g/mol. The molecule has 0 amide bonds. The fourth-order valence-electron chi connectivity index (χ4n) is 0.353. The second-order valence-corrected chi connectivity index (χ2v) is 2.75. The second-order valence-electron chi connectivity index (χ2n) is 1.76. The fourth-order valence-corrected chi connectivity index (χ4v) is 0.930. The summed E-state index contributed by atoms with van der Waals surface area (Å²) in [5.74, 6) is 1.11. The first-order chi connectivity index (χ1) is 3.81. The minimum absolute atomic E-state index is 0.224. The molecule has 8 heavy (non-hydrogen) atoms. The van der Waals surface area contributed by atoms with Crippen LogP contribution in [0.2, 0.25) is 0 Å². The molecule has 0 saturated carbocycles. The van der Waals surface area contributed by atoms with Crippen molar-refractivity contribution in [3.63, 3.8) is 0 Å². The van der Waals surface area contributed by atoms with Crippen LogP contribution in [0.15, 0.2) is 0 Å². The maximum Gasteiger partial charge on any atom is 0.221 e. The predicted octanol–water partition coefficient (Wildman–Crippen LogP) is 2.05. The van der Waals surface area contributed by atoms with Crippen molar-refractivity contribution in [1.82, 2.24) is 0 Å². The molecule has 0 bridgehead atoms. The third-order valence-corrected chi connectivity index (χ3v) is 1.60. The van der Waals surface area contributed by atoms with Gasteiger partial charge in [-0.15, -0.1) is 0 Å². The van der Waals surface area contributed by atoms with Gasteiger partial charge in [0, 0.05) is 19.1 Å². The van der Waals surface area contributed by atoms with Crippen LogP contribution in [0.3, 0.4) is 0 Å². The molecule has 0 radical (unpaired) electrons. The summed E-state index contributed by atoms with van der Waals surface area (Å²) < 4.78 is 0. The van der Waals surface area contributed by atoms with E-state index in [4.69, 9.17) is 6.57 Å². The summed E-state index contributed by atoms with van der Waals surface area (Å²) >= 11 is 1.80. The van der Waals surface area contributed by atoms with E-state index in [0.29, 0.717) is 0 Å². The lowest BCUT2D eigenvalue weighted by atomic mass is 10.3. The van der Waals surface area contributed by atoms with Gasteiger partial charge >= 0.3 is 0 Å². The minimum atomic E-state index is 0.224. The molecule has 0 aromatic heterocycles. The van der Waals surface area contributed by atoms with Crippen LogP contribution in [0, 0.1) is 6.57 Å². The van der Waals surface area contributed by atoms with Gasteiger partial charge in [0.15, 0.2) is 0 Å². The monoisotopic (exact) mass is 129 g/mol. The Balaban J connectivity index is 3.02. The van der Waals surface area contributed by atoms with Crippen molar-refractivity contribution in [2.45, 2.75) is 19.4 Å². The quantitative estimate of drug-likeness (QED) is 0.528. The maximum absolute atomic E-state index is 6.60. The fraction of sp³-hybridized carbons (Fsp3) is 0.833. The van der Waals surface area contributed by atoms with Gasteiger partial charge in [-0.3, -0.25) is 0 Å². The van der Waals surface area contributed by atoms with Crippen molar-refractivity contribution in [2.75, 3.05) is 12.0 Å². The molecule has 0 rings (SSSR count). The van der Waals surface area contributed by atoms with Crippen LogP contribution in [0.5, 0.6) is 0 Å². The summed E-state index contributed by atoms with van der Waals surface area (Å²) in [4.78, 5) is 3.36. The van der Waals surface area contributed by atoms with E-state index in [1.807, 2.05) is 6.92 Å². The Morgan fingerprint density at radius 2 is 2.38 bits per heavy atom. The van der Waals surface area contributed by atoms with Crippen molar-refractivity contribution in [1.29, 1.82) is 0 Å². The molecule has 1 unspecified atom stereocenters. The van der Waals surface area contributed by atoms with Crippen LogP contribution >= 0.6 is 11.8 Å².